The van der Waals surface area contributed by atoms with Crippen molar-refractivity contribution in [3.63, 3.8) is 0 Å². The Kier molecular flexibility index (Phi) is 15.9. The normalized spacial score (nSPS) is 13.9. The Balaban J connectivity index is 3.02. The van der Waals surface area contributed by atoms with Crippen molar-refractivity contribution in [2.75, 3.05) is 13.1 Å². The second kappa shape index (κ2) is 18.5. The summed E-state index contributed by atoms with van der Waals surface area (Å²) in [5.41, 5.74) is 22.7. The number of amides is 4. The molecule has 224 valence electrons. The van der Waals surface area contributed by atoms with E-state index in [1.807, 2.05) is 0 Å². The zero-order valence-electron chi connectivity index (χ0n) is 22.6. The first-order valence-corrected chi connectivity index (χ1v) is 13.3. The van der Waals surface area contributed by atoms with E-state index < -0.39 is 53.8 Å². The van der Waals surface area contributed by atoms with Crippen LogP contribution in [-0.2, 0) is 30.4 Å². The van der Waals surface area contributed by atoms with Crippen molar-refractivity contribution in [1.29, 1.82) is 0 Å². The third-order valence-electron chi connectivity index (χ3n) is 6.19. The maximum atomic E-state index is 13.2. The van der Waals surface area contributed by atoms with Crippen molar-refractivity contribution in [2.45, 2.75) is 82.0 Å². The number of nitrogens with two attached hydrogens (primary N) is 4. The lowest BCUT2D eigenvalue weighted by Gasteiger charge is -2.25. The molecule has 0 aliphatic heterocycles. The highest BCUT2D eigenvalue weighted by Crippen LogP contribution is 2.12. The number of hydrogen-bond donors (Lipinski definition) is 9. The van der Waals surface area contributed by atoms with E-state index in [1.165, 1.54) is 24.3 Å². The number of benzene rings is 1. The summed E-state index contributed by atoms with van der Waals surface area (Å²) < 4.78 is 0. The number of unbranched alkanes of at least 4 members (excludes halogenated alkanes) is 2. The molecule has 1 aromatic rings. The minimum Gasteiger partial charge on any atom is -0.508 e. The molecule has 4 amide bonds. The molecule has 0 saturated heterocycles. The number of nitrogens with one attached hydrogen (secondary N) is 3. The monoisotopic (exact) mass is 565 g/mol. The first kappa shape index (κ1) is 34.3. The summed E-state index contributed by atoms with van der Waals surface area (Å²) in [5.74, 6) is -4.06. The van der Waals surface area contributed by atoms with Crippen LogP contribution in [0.2, 0.25) is 0 Å². The highest BCUT2D eigenvalue weighted by atomic mass is 16.4. The smallest absolute Gasteiger partial charge is 0.326 e. The fraction of sp³-hybridized carbons (Fsp3) is 0.577. The van der Waals surface area contributed by atoms with Gasteiger partial charge in [0, 0.05) is 12.8 Å². The molecule has 13 N–H and O–H groups in total. The van der Waals surface area contributed by atoms with Crippen molar-refractivity contribution < 1.29 is 34.2 Å². The van der Waals surface area contributed by atoms with Gasteiger partial charge < -0.3 is 49.1 Å². The van der Waals surface area contributed by atoms with Gasteiger partial charge in [-0.2, -0.15) is 0 Å². The van der Waals surface area contributed by atoms with Gasteiger partial charge >= 0.3 is 5.97 Å². The fourth-order valence-corrected chi connectivity index (χ4v) is 3.85. The standard InChI is InChI=1S/C26H43N7O7/c27-13-3-1-5-18(29)23(36)31-20(11-12-22(30)35)25(38)32-19(6-2-4-14-28)24(37)33-21(26(39)40)15-16-7-9-17(34)10-8-16/h7-10,18-21,34H,1-6,11-15,27-29H2,(H2,30,35)(H,31,36)(H,32,38)(H,33,37)(H,39,40). The van der Waals surface area contributed by atoms with Gasteiger partial charge in [-0.05, 0) is 69.3 Å². The summed E-state index contributed by atoms with van der Waals surface area (Å²) in [7, 11) is 0. The predicted molar refractivity (Wildman–Crippen MR) is 147 cm³/mol. The zero-order chi connectivity index (χ0) is 30.1. The Morgan fingerprint density at radius 2 is 1.23 bits per heavy atom. The van der Waals surface area contributed by atoms with Crippen LogP contribution in [0.25, 0.3) is 0 Å². The molecule has 0 fully saturated rings. The number of rotatable bonds is 20. The Hall–Kier alpha value is -3.75. The Morgan fingerprint density at radius 1 is 0.725 bits per heavy atom. The van der Waals surface area contributed by atoms with E-state index in [4.69, 9.17) is 22.9 Å². The number of aliphatic carboxylic acids is 1. The quantitative estimate of drug-likeness (QED) is 0.0810. The Bertz CT molecular complexity index is 975. The first-order chi connectivity index (χ1) is 19.0. The van der Waals surface area contributed by atoms with Crippen LogP contribution in [-0.4, -0.2) is 77.1 Å². The van der Waals surface area contributed by atoms with Gasteiger partial charge in [0.1, 0.15) is 23.9 Å². The Morgan fingerprint density at radius 3 is 1.75 bits per heavy atom. The summed E-state index contributed by atoms with van der Waals surface area (Å²) in [5, 5.41) is 26.7. The third-order valence-corrected chi connectivity index (χ3v) is 6.19. The van der Waals surface area contributed by atoms with Crippen LogP contribution < -0.4 is 38.9 Å². The van der Waals surface area contributed by atoms with Crippen LogP contribution >= 0.6 is 0 Å². The molecule has 0 bridgehead atoms. The predicted octanol–water partition coefficient (Wildman–Crippen LogP) is -1.68. The number of hydrogen-bond acceptors (Lipinski definition) is 9. The molecule has 0 radical (unpaired) electrons. The average molecular weight is 566 g/mol. The lowest BCUT2D eigenvalue weighted by Crippen LogP contribution is -2.57. The molecular formula is C26H43N7O7. The molecule has 4 unspecified atom stereocenters. The first-order valence-electron chi connectivity index (χ1n) is 13.3. The lowest BCUT2D eigenvalue weighted by molar-refractivity contribution is -0.142. The average Bonchev–Trinajstić information content (AvgIpc) is 2.90. The number of carbonyl (C=O) groups excluding carboxylic acids is 4. The van der Waals surface area contributed by atoms with Gasteiger partial charge in [0.15, 0.2) is 0 Å². The molecule has 0 aromatic heterocycles. The zero-order valence-corrected chi connectivity index (χ0v) is 22.6. The molecule has 0 aliphatic carbocycles. The van der Waals surface area contributed by atoms with Crippen molar-refractivity contribution in [3.05, 3.63) is 29.8 Å². The molecule has 14 nitrogen and oxygen atoms in total. The maximum absolute atomic E-state index is 13.2. The summed E-state index contributed by atoms with van der Waals surface area (Å²) in [6, 6.07) is 1.28. The van der Waals surface area contributed by atoms with Gasteiger partial charge in [0.25, 0.3) is 0 Å². The van der Waals surface area contributed by atoms with Crippen molar-refractivity contribution in [2.24, 2.45) is 22.9 Å². The molecule has 0 saturated carbocycles. The minimum atomic E-state index is -1.32. The number of phenols is 1. The van der Waals surface area contributed by atoms with Gasteiger partial charge in [0.2, 0.25) is 23.6 Å². The van der Waals surface area contributed by atoms with Crippen molar-refractivity contribution >= 4 is 29.6 Å². The summed E-state index contributed by atoms with van der Waals surface area (Å²) >= 11 is 0. The number of phenolic OH excluding ortho intramolecular Hbond substituents is 1. The van der Waals surface area contributed by atoms with Gasteiger partial charge in [-0.3, -0.25) is 19.2 Å². The van der Waals surface area contributed by atoms with E-state index in [9.17, 15) is 34.2 Å². The van der Waals surface area contributed by atoms with Gasteiger partial charge in [-0.1, -0.05) is 18.6 Å². The lowest BCUT2D eigenvalue weighted by atomic mass is 10.0. The molecule has 40 heavy (non-hydrogen) atoms. The molecule has 0 aliphatic rings. The van der Waals surface area contributed by atoms with Gasteiger partial charge in [-0.25, -0.2) is 4.79 Å². The summed E-state index contributed by atoms with van der Waals surface area (Å²) in [6.07, 6.45) is 2.38. The second-order valence-electron chi connectivity index (χ2n) is 9.57. The highest BCUT2D eigenvalue weighted by molar-refractivity contribution is 5.94. The van der Waals surface area contributed by atoms with Crippen LogP contribution in [0, 0.1) is 0 Å². The molecule has 1 aromatic carbocycles. The fourth-order valence-electron chi connectivity index (χ4n) is 3.85. The maximum Gasteiger partial charge on any atom is 0.326 e. The largest absolute Gasteiger partial charge is 0.508 e. The molecule has 1 rings (SSSR count). The van der Waals surface area contributed by atoms with Crippen molar-refractivity contribution in [3.8, 4) is 5.75 Å². The molecule has 0 spiro atoms. The SMILES string of the molecule is NCCCCC(N)C(=O)NC(CCC(N)=O)C(=O)NC(CCCCN)C(=O)NC(Cc1ccc(O)cc1)C(=O)O. The van der Waals surface area contributed by atoms with Crippen LogP contribution in [0.1, 0.15) is 56.9 Å². The molecular weight excluding hydrogens is 522 g/mol. The molecule has 4 atom stereocenters. The topological polar surface area (TPSA) is 266 Å². The van der Waals surface area contributed by atoms with E-state index in [0.717, 1.165) is 0 Å². The number of carboxylic acid groups (broad SMARTS) is 1. The number of carbonyl (C=O) groups is 5. The van der Waals surface area contributed by atoms with Crippen LogP contribution in [0.15, 0.2) is 24.3 Å². The van der Waals surface area contributed by atoms with Crippen LogP contribution in [0.5, 0.6) is 5.75 Å². The van der Waals surface area contributed by atoms with Crippen LogP contribution in [0.3, 0.4) is 0 Å². The highest BCUT2D eigenvalue weighted by Gasteiger charge is 2.30. The molecule has 14 heteroatoms. The van der Waals surface area contributed by atoms with Gasteiger partial charge in [-0.15, -0.1) is 0 Å². The number of carboxylic acids is 1. The summed E-state index contributed by atoms with van der Waals surface area (Å²) in [6.45, 7) is 0.795. The Labute approximate surface area is 233 Å². The molecule has 0 heterocycles. The van der Waals surface area contributed by atoms with Crippen LogP contribution in [0.4, 0.5) is 0 Å². The van der Waals surface area contributed by atoms with E-state index in [0.29, 0.717) is 50.8 Å². The second-order valence-corrected chi connectivity index (χ2v) is 9.57. The van der Waals surface area contributed by atoms with Gasteiger partial charge in [0.05, 0.1) is 6.04 Å². The third kappa shape index (κ3) is 13.4. The van der Waals surface area contributed by atoms with E-state index in [1.54, 1.807) is 0 Å². The van der Waals surface area contributed by atoms with E-state index >= 15 is 0 Å². The summed E-state index contributed by atoms with van der Waals surface area (Å²) in [4.78, 5) is 62.2. The number of primary amides is 1. The minimum absolute atomic E-state index is 0.0110. The van der Waals surface area contributed by atoms with Crippen molar-refractivity contribution in [1.82, 2.24) is 16.0 Å². The number of aromatic hydroxyl groups is 1. The van der Waals surface area contributed by atoms with E-state index in [-0.39, 0.29) is 31.4 Å². The van der Waals surface area contributed by atoms with E-state index in [2.05, 4.69) is 16.0 Å².